The van der Waals surface area contributed by atoms with Crippen molar-refractivity contribution in [2.24, 2.45) is 4.99 Å². The first-order valence-electron chi connectivity index (χ1n) is 7.23. The third-order valence-corrected chi connectivity index (χ3v) is 3.88. The highest BCUT2D eigenvalue weighted by Gasteiger charge is 2.04. The first-order chi connectivity index (χ1) is 10.2. The number of ether oxygens (including phenoxy) is 1. The number of carbonyl (C=O) groups excluding carboxylic acids is 1. The number of aliphatic imine (C=N–C) groups is 1. The van der Waals surface area contributed by atoms with Crippen molar-refractivity contribution in [2.75, 3.05) is 20.2 Å². The average Bonchev–Trinajstić information content (AvgIpc) is 2.95. The van der Waals surface area contributed by atoms with Gasteiger partial charge in [0.25, 0.3) is 0 Å². The summed E-state index contributed by atoms with van der Waals surface area (Å²) in [4.78, 5) is 21.0. The first-order valence-corrected chi connectivity index (χ1v) is 8.04. The van der Waals surface area contributed by atoms with Gasteiger partial charge in [-0.15, -0.1) is 11.3 Å². The summed E-state index contributed by atoms with van der Waals surface area (Å²) in [5.41, 5.74) is 0. The van der Waals surface area contributed by atoms with Crippen molar-refractivity contribution in [1.82, 2.24) is 15.6 Å². The molecule has 0 saturated carbocycles. The van der Waals surface area contributed by atoms with Gasteiger partial charge in [0.15, 0.2) is 5.96 Å². The third kappa shape index (κ3) is 7.08. The number of hydrogen-bond donors (Lipinski definition) is 2. The Hall–Kier alpha value is -1.63. The summed E-state index contributed by atoms with van der Waals surface area (Å²) in [7, 11) is 1.72. The van der Waals surface area contributed by atoms with Gasteiger partial charge in [0.2, 0.25) is 0 Å². The summed E-state index contributed by atoms with van der Waals surface area (Å²) in [6, 6.07) is 0. The zero-order chi connectivity index (χ0) is 15.5. The number of aryl methyl sites for hydroxylation is 1. The van der Waals surface area contributed by atoms with Gasteiger partial charge in [-0.25, -0.2) is 4.98 Å². The number of aromatic nitrogens is 1. The molecule has 0 atom stereocenters. The Kier molecular flexibility index (Phi) is 8.42. The molecule has 118 valence electrons. The van der Waals surface area contributed by atoms with Gasteiger partial charge in [0.1, 0.15) is 5.01 Å². The quantitative estimate of drug-likeness (QED) is 0.331. The van der Waals surface area contributed by atoms with E-state index in [1.54, 1.807) is 18.4 Å². The number of rotatable bonds is 8. The zero-order valence-corrected chi connectivity index (χ0v) is 13.8. The monoisotopic (exact) mass is 312 g/mol. The van der Waals surface area contributed by atoms with Crippen molar-refractivity contribution >= 4 is 23.3 Å². The molecule has 1 aromatic heterocycles. The molecule has 0 amide bonds. The van der Waals surface area contributed by atoms with E-state index in [1.807, 2.05) is 13.1 Å². The molecule has 1 rings (SSSR count). The molecule has 0 unspecified atom stereocenters. The maximum Gasteiger partial charge on any atom is 0.305 e. The molecule has 0 fully saturated rings. The fourth-order valence-electron chi connectivity index (χ4n) is 1.65. The Morgan fingerprint density at radius 1 is 1.43 bits per heavy atom. The van der Waals surface area contributed by atoms with Crippen LogP contribution in [0.2, 0.25) is 0 Å². The second kappa shape index (κ2) is 10.1. The predicted octanol–water partition coefficient (Wildman–Crippen LogP) is 1.71. The lowest BCUT2D eigenvalue weighted by atomic mass is 10.3. The van der Waals surface area contributed by atoms with Crippen LogP contribution in [-0.2, 0) is 22.5 Å². The summed E-state index contributed by atoms with van der Waals surface area (Å²) in [5, 5.41) is 7.42. The van der Waals surface area contributed by atoms with E-state index in [0.717, 1.165) is 17.8 Å². The molecule has 0 saturated heterocycles. The van der Waals surface area contributed by atoms with E-state index >= 15 is 0 Å². The second-order valence-electron chi connectivity index (χ2n) is 4.33. The Bertz CT molecular complexity index is 460. The molecular weight excluding hydrogens is 288 g/mol. The fourth-order valence-corrected chi connectivity index (χ4v) is 2.45. The normalized spacial score (nSPS) is 11.3. The van der Waals surface area contributed by atoms with Crippen LogP contribution < -0.4 is 10.6 Å². The van der Waals surface area contributed by atoms with Crippen molar-refractivity contribution in [2.45, 2.75) is 39.7 Å². The molecule has 1 aromatic rings. The molecule has 1 heterocycles. The van der Waals surface area contributed by atoms with E-state index in [4.69, 9.17) is 4.74 Å². The van der Waals surface area contributed by atoms with E-state index in [1.165, 1.54) is 4.88 Å². The van der Waals surface area contributed by atoms with Crippen molar-refractivity contribution in [3.63, 3.8) is 0 Å². The van der Waals surface area contributed by atoms with Crippen LogP contribution >= 0.6 is 11.3 Å². The number of carbonyl (C=O) groups is 1. The number of hydrogen-bond acceptors (Lipinski definition) is 5. The Balaban J connectivity index is 2.21. The Labute approximate surface area is 130 Å². The zero-order valence-electron chi connectivity index (χ0n) is 12.9. The van der Waals surface area contributed by atoms with Crippen LogP contribution in [0.25, 0.3) is 0 Å². The van der Waals surface area contributed by atoms with Gasteiger partial charge in [-0.1, -0.05) is 6.92 Å². The summed E-state index contributed by atoms with van der Waals surface area (Å²) in [6.45, 7) is 5.70. The summed E-state index contributed by atoms with van der Waals surface area (Å²) < 4.78 is 4.87. The second-order valence-corrected chi connectivity index (χ2v) is 5.53. The lowest BCUT2D eigenvalue weighted by Crippen LogP contribution is -2.37. The van der Waals surface area contributed by atoms with Crippen molar-refractivity contribution in [1.29, 1.82) is 0 Å². The highest BCUT2D eigenvalue weighted by molar-refractivity contribution is 7.11. The van der Waals surface area contributed by atoms with Gasteiger partial charge in [-0.3, -0.25) is 9.79 Å². The fraction of sp³-hybridized carbons (Fsp3) is 0.643. The third-order valence-electron chi connectivity index (χ3n) is 2.74. The molecule has 0 aliphatic rings. The summed E-state index contributed by atoms with van der Waals surface area (Å²) >= 11 is 1.71. The number of thiazole rings is 1. The van der Waals surface area contributed by atoms with Gasteiger partial charge in [-0.05, 0) is 19.8 Å². The van der Waals surface area contributed by atoms with Crippen LogP contribution in [0.4, 0.5) is 0 Å². The minimum Gasteiger partial charge on any atom is -0.466 e. The SMILES string of the molecule is CCOC(=O)CCCNC(=NC)NCc1ncc(CC)s1. The first kappa shape index (κ1) is 17.4. The molecule has 7 heteroatoms. The Morgan fingerprint density at radius 2 is 2.24 bits per heavy atom. The average molecular weight is 312 g/mol. The van der Waals surface area contributed by atoms with Gasteiger partial charge < -0.3 is 15.4 Å². The number of esters is 1. The molecule has 0 aliphatic heterocycles. The highest BCUT2D eigenvalue weighted by Crippen LogP contribution is 2.12. The molecule has 0 spiro atoms. The van der Waals surface area contributed by atoms with E-state index in [2.05, 4.69) is 27.5 Å². The Morgan fingerprint density at radius 3 is 2.86 bits per heavy atom. The maximum absolute atomic E-state index is 11.2. The molecule has 21 heavy (non-hydrogen) atoms. The van der Waals surface area contributed by atoms with Gasteiger partial charge in [0, 0.05) is 31.1 Å². The summed E-state index contributed by atoms with van der Waals surface area (Å²) in [5.74, 6) is 0.559. The molecule has 0 radical (unpaired) electrons. The smallest absolute Gasteiger partial charge is 0.305 e. The molecule has 2 N–H and O–H groups in total. The number of guanidine groups is 1. The van der Waals surface area contributed by atoms with E-state index in [9.17, 15) is 4.79 Å². The molecule has 0 aliphatic carbocycles. The van der Waals surface area contributed by atoms with Crippen molar-refractivity contribution < 1.29 is 9.53 Å². The maximum atomic E-state index is 11.2. The minimum atomic E-state index is -0.155. The standard InChI is InChI=1S/C14H24N4O2S/c1-4-11-9-17-12(21-11)10-18-14(15-3)16-8-6-7-13(19)20-5-2/h9H,4-8,10H2,1-3H3,(H2,15,16,18). The van der Waals surface area contributed by atoms with Crippen LogP contribution in [0.15, 0.2) is 11.2 Å². The molecular formula is C14H24N4O2S. The van der Waals surface area contributed by atoms with Crippen LogP contribution in [0, 0.1) is 0 Å². The topological polar surface area (TPSA) is 75.6 Å². The van der Waals surface area contributed by atoms with E-state index in [-0.39, 0.29) is 5.97 Å². The highest BCUT2D eigenvalue weighted by atomic mass is 32.1. The lowest BCUT2D eigenvalue weighted by molar-refractivity contribution is -0.143. The molecule has 0 bridgehead atoms. The van der Waals surface area contributed by atoms with Gasteiger partial charge in [-0.2, -0.15) is 0 Å². The van der Waals surface area contributed by atoms with Crippen LogP contribution in [0.1, 0.15) is 36.6 Å². The molecule has 0 aromatic carbocycles. The van der Waals surface area contributed by atoms with E-state index in [0.29, 0.717) is 32.1 Å². The minimum absolute atomic E-state index is 0.155. The lowest BCUT2D eigenvalue weighted by Gasteiger charge is -2.10. The van der Waals surface area contributed by atoms with Crippen LogP contribution in [0.5, 0.6) is 0 Å². The van der Waals surface area contributed by atoms with E-state index < -0.39 is 0 Å². The van der Waals surface area contributed by atoms with Crippen molar-refractivity contribution in [3.8, 4) is 0 Å². The predicted molar refractivity (Wildman–Crippen MR) is 85.6 cm³/mol. The van der Waals surface area contributed by atoms with Gasteiger partial charge >= 0.3 is 5.97 Å². The number of nitrogens with zero attached hydrogens (tertiary/aromatic N) is 2. The van der Waals surface area contributed by atoms with Crippen LogP contribution in [0.3, 0.4) is 0 Å². The van der Waals surface area contributed by atoms with Crippen LogP contribution in [-0.4, -0.2) is 37.1 Å². The van der Waals surface area contributed by atoms with Gasteiger partial charge in [0.05, 0.1) is 13.2 Å². The summed E-state index contributed by atoms with van der Waals surface area (Å²) in [6.07, 6.45) is 4.07. The van der Waals surface area contributed by atoms with Crippen molar-refractivity contribution in [3.05, 3.63) is 16.1 Å². The number of nitrogens with one attached hydrogen (secondary N) is 2. The largest absolute Gasteiger partial charge is 0.466 e. The molecule has 6 nitrogen and oxygen atoms in total.